The highest BCUT2D eigenvalue weighted by molar-refractivity contribution is 7.17. The summed E-state index contributed by atoms with van der Waals surface area (Å²) in [4.78, 5) is 51.5. The number of nitrogens with two attached hydrogens (primary N) is 2. The first-order chi connectivity index (χ1) is 25.0. The van der Waals surface area contributed by atoms with Gasteiger partial charge >= 0.3 is 0 Å². The molecule has 0 saturated carbocycles. The van der Waals surface area contributed by atoms with Crippen molar-refractivity contribution in [1.82, 2.24) is 20.4 Å². The van der Waals surface area contributed by atoms with E-state index in [4.69, 9.17) is 26.0 Å². The molecule has 1 atom stereocenters. The van der Waals surface area contributed by atoms with Crippen LogP contribution in [-0.2, 0) is 33.5 Å². The number of amides is 4. The predicted octanol–water partition coefficient (Wildman–Crippen LogP) is 5.76. The van der Waals surface area contributed by atoms with E-state index in [1.165, 1.54) is 41.1 Å². The molecular formula is C38H54N8O8S2. The van der Waals surface area contributed by atoms with Crippen molar-refractivity contribution in [2.75, 3.05) is 17.2 Å². The molecule has 4 aromatic heterocycles. The van der Waals surface area contributed by atoms with E-state index in [9.17, 15) is 24.3 Å². The van der Waals surface area contributed by atoms with E-state index in [0.717, 1.165) is 20.9 Å². The monoisotopic (exact) mass is 814 g/mol. The number of aromatic nitrogens is 4. The summed E-state index contributed by atoms with van der Waals surface area (Å²) in [6, 6.07) is 0. The molecule has 4 aromatic rings. The molecule has 0 aromatic carbocycles. The number of aromatic amines is 2. The Hall–Kier alpha value is -4.72. The van der Waals surface area contributed by atoms with Gasteiger partial charge in [0.05, 0.1) is 52.5 Å². The molecule has 306 valence electrons. The van der Waals surface area contributed by atoms with Gasteiger partial charge in [-0.1, -0.05) is 27.5 Å². The fraction of sp³-hybridized carbons (Fsp3) is 0.474. The SMILES string of the molecule is C.C.C=Cc1cn[nH]c1C(=O)Nc1sc2c(c1C(N)=O)CC(C)(C)OC2(C)C.CC1(C)Cc2c(sc(NC(=O)c3[nH]ncc3C(O)CO)c2C(N)=O)C(C)(C)O1. The second-order valence-corrected chi connectivity index (χ2v) is 17.3. The van der Waals surface area contributed by atoms with Crippen LogP contribution in [0, 0.1) is 0 Å². The Bertz CT molecular complexity index is 2140. The number of nitrogens with one attached hydrogen (secondary N) is 4. The molecule has 2 aliphatic rings. The molecule has 10 N–H and O–H groups in total. The third-order valence-electron chi connectivity index (χ3n) is 8.87. The van der Waals surface area contributed by atoms with Crippen LogP contribution in [0.25, 0.3) is 6.08 Å². The van der Waals surface area contributed by atoms with Gasteiger partial charge < -0.3 is 41.8 Å². The zero-order chi connectivity index (χ0) is 40.1. The van der Waals surface area contributed by atoms with E-state index in [-0.39, 0.29) is 37.4 Å². The summed E-state index contributed by atoms with van der Waals surface area (Å²) < 4.78 is 12.3. The second-order valence-electron chi connectivity index (χ2n) is 15.3. The van der Waals surface area contributed by atoms with Crippen LogP contribution in [0.2, 0.25) is 0 Å². The average molecular weight is 815 g/mol. The van der Waals surface area contributed by atoms with Gasteiger partial charge in [0.25, 0.3) is 23.6 Å². The van der Waals surface area contributed by atoms with E-state index < -0.39 is 58.7 Å². The molecule has 0 bridgehead atoms. The van der Waals surface area contributed by atoms with Gasteiger partial charge in [0.15, 0.2) is 0 Å². The quantitative estimate of drug-likeness (QED) is 0.101. The van der Waals surface area contributed by atoms with Gasteiger partial charge in [-0.3, -0.25) is 29.4 Å². The Kier molecular flexibility index (Phi) is 13.4. The number of carbonyl (C=O) groups is 4. The summed E-state index contributed by atoms with van der Waals surface area (Å²) >= 11 is 2.56. The maximum Gasteiger partial charge on any atom is 0.274 e. The third kappa shape index (κ3) is 8.95. The molecule has 0 saturated heterocycles. The van der Waals surface area contributed by atoms with Gasteiger partial charge in [0.2, 0.25) is 0 Å². The van der Waals surface area contributed by atoms with Crippen LogP contribution < -0.4 is 22.1 Å². The lowest BCUT2D eigenvalue weighted by Crippen LogP contribution is -2.42. The second kappa shape index (κ2) is 16.4. The highest BCUT2D eigenvalue weighted by atomic mass is 32.1. The first kappa shape index (κ1) is 45.7. The molecule has 0 aliphatic carbocycles. The number of ether oxygens (including phenoxy) is 2. The molecule has 6 rings (SSSR count). The summed E-state index contributed by atoms with van der Waals surface area (Å²) in [5, 5.41) is 38.0. The van der Waals surface area contributed by atoms with E-state index in [1.807, 2.05) is 55.4 Å². The number of hydrogen-bond acceptors (Lipinski definition) is 12. The van der Waals surface area contributed by atoms with Gasteiger partial charge in [0, 0.05) is 33.7 Å². The summed E-state index contributed by atoms with van der Waals surface area (Å²) in [5.74, 6) is -2.21. The van der Waals surface area contributed by atoms with Crippen LogP contribution in [0.4, 0.5) is 10.0 Å². The fourth-order valence-electron chi connectivity index (χ4n) is 7.13. The first-order valence-electron chi connectivity index (χ1n) is 17.0. The maximum atomic E-state index is 12.7. The summed E-state index contributed by atoms with van der Waals surface area (Å²) in [6.07, 6.45) is 4.08. The number of nitrogens with zero attached hydrogens (tertiary/aromatic N) is 2. The molecule has 1 unspecified atom stereocenters. The Morgan fingerprint density at radius 3 is 1.64 bits per heavy atom. The van der Waals surface area contributed by atoms with E-state index in [1.54, 1.807) is 0 Å². The van der Waals surface area contributed by atoms with Gasteiger partial charge in [-0.15, -0.1) is 22.7 Å². The standard InChI is InChI=1S/C18H24N4O5S.C18H22N4O3S.2CH4/c1-17(2)5-8-11(14(19)25)16(28-13(8)18(3,4)27-17)21-15(26)12-9(6-20-22-12)10(24)7-23;1-6-9-8-20-22-12(9)15(24)21-16-11(14(19)23)10-7-17(2,3)25-18(4,5)13(10)26-16;;/h6,10,23-24H,5,7H2,1-4H3,(H2,19,25)(H,20,22)(H,21,26);6,8H,1,7H2,2-5H3,(H2,19,23)(H,20,22)(H,21,24);2*1H4. The number of aliphatic hydroxyl groups excluding tert-OH is 2. The molecule has 2 aliphatic heterocycles. The molecular weight excluding hydrogens is 761 g/mol. The van der Waals surface area contributed by atoms with Crippen molar-refractivity contribution in [2.45, 2.75) is 112 Å². The zero-order valence-electron chi connectivity index (χ0n) is 31.3. The lowest BCUT2D eigenvalue weighted by Gasteiger charge is -2.41. The van der Waals surface area contributed by atoms with Gasteiger partial charge in [-0.05, 0) is 66.5 Å². The van der Waals surface area contributed by atoms with Crippen molar-refractivity contribution in [3.05, 3.63) is 73.5 Å². The lowest BCUT2D eigenvalue weighted by molar-refractivity contribution is -0.136. The topological polar surface area (TPSA) is 261 Å². The smallest absolute Gasteiger partial charge is 0.274 e. The van der Waals surface area contributed by atoms with E-state index in [0.29, 0.717) is 34.0 Å². The molecule has 16 nitrogen and oxygen atoms in total. The number of H-pyrrole nitrogens is 2. The number of primary amides is 2. The summed E-state index contributed by atoms with van der Waals surface area (Å²) in [6.45, 7) is 18.6. The molecule has 0 spiro atoms. The maximum absolute atomic E-state index is 12.7. The molecule has 18 heteroatoms. The van der Waals surface area contributed by atoms with Crippen molar-refractivity contribution in [2.24, 2.45) is 11.5 Å². The molecule has 56 heavy (non-hydrogen) atoms. The summed E-state index contributed by atoms with van der Waals surface area (Å²) in [7, 11) is 0. The number of fused-ring (bicyclic) bond motifs is 2. The van der Waals surface area contributed by atoms with Crippen molar-refractivity contribution < 1.29 is 38.9 Å². The highest BCUT2D eigenvalue weighted by Gasteiger charge is 2.44. The lowest BCUT2D eigenvalue weighted by atomic mass is 9.86. The van der Waals surface area contributed by atoms with E-state index >= 15 is 0 Å². The van der Waals surface area contributed by atoms with Crippen LogP contribution in [0.5, 0.6) is 0 Å². The minimum atomic E-state index is -1.25. The van der Waals surface area contributed by atoms with Crippen molar-refractivity contribution >= 4 is 62.4 Å². The predicted molar refractivity (Wildman–Crippen MR) is 218 cm³/mol. The highest BCUT2D eigenvalue weighted by Crippen LogP contribution is 2.49. The minimum Gasteiger partial charge on any atom is -0.393 e. The number of thiophene rings is 2. The van der Waals surface area contributed by atoms with Crippen molar-refractivity contribution in [3.63, 3.8) is 0 Å². The van der Waals surface area contributed by atoms with E-state index in [2.05, 4.69) is 37.6 Å². The Morgan fingerprint density at radius 2 is 1.23 bits per heavy atom. The first-order valence-corrected chi connectivity index (χ1v) is 18.6. The van der Waals surface area contributed by atoms with Crippen molar-refractivity contribution in [1.29, 1.82) is 0 Å². The zero-order valence-corrected chi connectivity index (χ0v) is 33.0. The average Bonchev–Trinajstić information content (AvgIpc) is 3.84. The normalized spacial score (nSPS) is 17.2. The van der Waals surface area contributed by atoms with Gasteiger partial charge in [0.1, 0.15) is 27.5 Å². The largest absolute Gasteiger partial charge is 0.393 e. The number of anilines is 2. The number of rotatable bonds is 9. The minimum absolute atomic E-state index is 0. The number of hydrogen-bond donors (Lipinski definition) is 8. The van der Waals surface area contributed by atoms with Crippen LogP contribution in [0.1, 0.15) is 150 Å². The Balaban J connectivity index is 0.000000291. The Labute approximate surface area is 334 Å². The van der Waals surface area contributed by atoms with Crippen LogP contribution in [-0.4, -0.2) is 72.0 Å². The van der Waals surface area contributed by atoms with Crippen molar-refractivity contribution in [3.8, 4) is 0 Å². The molecule has 6 heterocycles. The van der Waals surface area contributed by atoms with Crippen LogP contribution in [0.3, 0.4) is 0 Å². The number of aliphatic hydroxyl groups is 2. The molecule has 0 radical (unpaired) electrons. The van der Waals surface area contributed by atoms with Crippen LogP contribution >= 0.6 is 22.7 Å². The summed E-state index contributed by atoms with van der Waals surface area (Å²) in [5.41, 5.74) is 12.3. The van der Waals surface area contributed by atoms with Gasteiger partial charge in [-0.2, -0.15) is 10.2 Å². The fourth-order valence-corrected chi connectivity index (χ4v) is 9.64. The third-order valence-corrected chi connectivity index (χ3v) is 11.8. The van der Waals surface area contributed by atoms with Crippen LogP contribution in [0.15, 0.2) is 19.0 Å². The van der Waals surface area contributed by atoms with Gasteiger partial charge in [-0.25, -0.2) is 0 Å². The molecule has 0 fully saturated rings. The Morgan fingerprint density at radius 1 is 0.821 bits per heavy atom. The molecule has 4 amide bonds. The number of carbonyl (C=O) groups excluding carboxylic acids is 4.